The number of rotatable bonds is 4. The van der Waals surface area contributed by atoms with E-state index in [1.165, 1.54) is 11.3 Å². The highest BCUT2D eigenvalue weighted by Crippen LogP contribution is 2.37. The van der Waals surface area contributed by atoms with Crippen LogP contribution in [0.4, 0.5) is 5.69 Å². The Labute approximate surface area is 209 Å². The molecule has 3 aromatic rings. The number of H-pyrrole nitrogens is 1. The maximum atomic E-state index is 12.1. The van der Waals surface area contributed by atoms with E-state index in [9.17, 15) is 19.2 Å². The maximum absolute atomic E-state index is 12.1. The third-order valence-electron chi connectivity index (χ3n) is 5.36. The van der Waals surface area contributed by atoms with Crippen molar-refractivity contribution < 1.29 is 29.0 Å². The Kier molecular flexibility index (Phi) is 8.10. The highest BCUT2D eigenvalue weighted by Gasteiger charge is 2.33. The van der Waals surface area contributed by atoms with Crippen molar-refractivity contribution in [2.75, 3.05) is 18.5 Å². The van der Waals surface area contributed by atoms with E-state index in [0.717, 1.165) is 16.0 Å². The number of carbonyl (C=O) groups excluding carboxylic acids is 2. The first kappa shape index (κ1) is 26.1. The molecule has 1 atom stereocenters. The molecule has 1 unspecified atom stereocenters. The van der Waals surface area contributed by atoms with Crippen molar-refractivity contribution in [1.29, 1.82) is 0 Å². The van der Waals surface area contributed by atoms with Gasteiger partial charge in [-0.3, -0.25) is 14.4 Å². The van der Waals surface area contributed by atoms with Gasteiger partial charge in [0.25, 0.3) is 11.5 Å². The molecular weight excluding hydrogens is 500 g/mol. The van der Waals surface area contributed by atoms with Gasteiger partial charge in [0.2, 0.25) is 5.82 Å². The largest absolute Gasteiger partial charge is 0.482 e. The number of aromatic amines is 1. The summed E-state index contributed by atoms with van der Waals surface area (Å²) in [5, 5.41) is 12.0. The molecular formula is C22H23ClN4O7S. The van der Waals surface area contributed by atoms with E-state index in [2.05, 4.69) is 15.3 Å². The highest BCUT2D eigenvalue weighted by atomic mass is 35.5. The molecule has 1 aromatic carbocycles. The Balaban J connectivity index is 0.000000211. The van der Waals surface area contributed by atoms with Crippen LogP contribution >= 0.6 is 23.7 Å². The number of nitrogens with two attached hydrogens (primary N) is 1. The summed E-state index contributed by atoms with van der Waals surface area (Å²) < 4.78 is 10.2. The number of nitrogens with zero attached hydrogens (tertiary/aromatic N) is 1. The van der Waals surface area contributed by atoms with E-state index >= 15 is 0 Å². The molecule has 35 heavy (non-hydrogen) atoms. The van der Waals surface area contributed by atoms with Gasteiger partial charge in [0.05, 0.1) is 23.6 Å². The number of nitrogens with one attached hydrogen (secondary N) is 2. The van der Waals surface area contributed by atoms with Crippen molar-refractivity contribution >= 4 is 57.5 Å². The van der Waals surface area contributed by atoms with Gasteiger partial charge in [-0.05, 0) is 43.0 Å². The molecule has 5 rings (SSSR count). The molecule has 1 amide bonds. The van der Waals surface area contributed by atoms with Crippen molar-refractivity contribution in [3.05, 3.63) is 50.4 Å². The van der Waals surface area contributed by atoms with E-state index in [0.29, 0.717) is 47.6 Å². The van der Waals surface area contributed by atoms with E-state index in [1.54, 1.807) is 6.92 Å². The van der Waals surface area contributed by atoms with Gasteiger partial charge >= 0.3 is 11.9 Å². The van der Waals surface area contributed by atoms with Crippen LogP contribution in [0.2, 0.25) is 0 Å². The first-order valence-corrected chi connectivity index (χ1v) is 11.3. The number of halogens is 1. The van der Waals surface area contributed by atoms with Gasteiger partial charge in [0.1, 0.15) is 10.6 Å². The monoisotopic (exact) mass is 522 g/mol. The van der Waals surface area contributed by atoms with Gasteiger partial charge in [-0.2, -0.15) is 0 Å². The molecule has 0 bridgehead atoms. The molecule has 0 saturated heterocycles. The predicted octanol–water partition coefficient (Wildman–Crippen LogP) is 1.86. The molecule has 1 aliphatic carbocycles. The number of fused-ring (bicyclic) bond motifs is 4. The number of amides is 1. The van der Waals surface area contributed by atoms with Crippen LogP contribution < -0.4 is 21.3 Å². The third kappa shape index (κ3) is 5.45. The summed E-state index contributed by atoms with van der Waals surface area (Å²) in [4.78, 5) is 53.2. The standard InChI is InChI=1S/C13H12N2O5S.C9H10N2O2.ClH/c1-2-20-13(19)5-3-6-7(4-5)21-11-8(6)10(16)14-9(15-11)12(17)18;10-4-6-1-2-8-7(3-6)11-9(12)5-13-8;/h5H,2-4H2,1H3,(H,17,18)(H,14,15,16);1-3H,4-5,10H2,(H,11,12);1H. The van der Waals surface area contributed by atoms with Crippen LogP contribution in [-0.4, -0.2) is 46.1 Å². The molecule has 2 aliphatic rings. The molecule has 0 saturated carbocycles. The van der Waals surface area contributed by atoms with Gasteiger partial charge in [0.15, 0.2) is 6.61 Å². The van der Waals surface area contributed by atoms with E-state index < -0.39 is 11.5 Å². The van der Waals surface area contributed by atoms with Gasteiger partial charge in [-0.25, -0.2) is 9.78 Å². The van der Waals surface area contributed by atoms with Crippen molar-refractivity contribution in [1.82, 2.24) is 9.97 Å². The van der Waals surface area contributed by atoms with E-state index in [4.69, 9.17) is 20.3 Å². The number of aromatic nitrogens is 2. The lowest BCUT2D eigenvalue weighted by Crippen LogP contribution is -2.25. The second kappa shape index (κ2) is 10.8. The smallest absolute Gasteiger partial charge is 0.372 e. The van der Waals surface area contributed by atoms with Crippen LogP contribution in [0.1, 0.15) is 33.5 Å². The summed E-state index contributed by atoms with van der Waals surface area (Å²) in [7, 11) is 0. The molecule has 3 heterocycles. The van der Waals surface area contributed by atoms with E-state index in [1.807, 2.05) is 18.2 Å². The van der Waals surface area contributed by atoms with Gasteiger partial charge < -0.3 is 30.6 Å². The number of esters is 1. The normalized spacial score (nSPS) is 15.5. The fourth-order valence-corrected chi connectivity index (χ4v) is 5.10. The van der Waals surface area contributed by atoms with Gasteiger partial charge in [0, 0.05) is 11.4 Å². The number of hydrogen-bond acceptors (Lipinski definition) is 9. The Morgan fingerprint density at radius 2 is 2.09 bits per heavy atom. The van der Waals surface area contributed by atoms with Crippen LogP contribution in [0.3, 0.4) is 0 Å². The summed E-state index contributed by atoms with van der Waals surface area (Å²) in [5.74, 6) is -1.59. The SMILES string of the molecule is CCOC(=O)C1Cc2sc3nc(C(=O)O)[nH]c(=O)c3c2C1.Cl.NCc1ccc2c(c1)NC(=O)CO2. The fraction of sp³-hybridized carbons (Fsp3) is 0.318. The molecule has 1 aliphatic heterocycles. The lowest BCUT2D eigenvalue weighted by atomic mass is 10.1. The van der Waals surface area contributed by atoms with Crippen molar-refractivity contribution in [3.8, 4) is 5.75 Å². The number of carboxylic acids is 1. The zero-order chi connectivity index (χ0) is 24.4. The fourth-order valence-electron chi connectivity index (χ4n) is 3.82. The van der Waals surface area contributed by atoms with Crippen molar-refractivity contribution in [3.63, 3.8) is 0 Å². The molecule has 0 fully saturated rings. The molecule has 186 valence electrons. The number of benzene rings is 1. The maximum Gasteiger partial charge on any atom is 0.372 e. The molecule has 2 aromatic heterocycles. The minimum Gasteiger partial charge on any atom is -0.482 e. The molecule has 0 radical (unpaired) electrons. The second-order valence-electron chi connectivity index (χ2n) is 7.63. The quantitative estimate of drug-likeness (QED) is 0.373. The van der Waals surface area contributed by atoms with Gasteiger partial charge in [-0.15, -0.1) is 23.7 Å². The minimum absolute atomic E-state index is 0. The number of carboxylic acid groups (broad SMARTS) is 1. The second-order valence-corrected chi connectivity index (χ2v) is 8.72. The Morgan fingerprint density at radius 1 is 1.31 bits per heavy atom. The summed E-state index contributed by atoms with van der Waals surface area (Å²) in [5.41, 5.74) is 7.47. The highest BCUT2D eigenvalue weighted by molar-refractivity contribution is 7.18. The zero-order valence-corrected chi connectivity index (χ0v) is 20.2. The van der Waals surface area contributed by atoms with Crippen LogP contribution in [-0.2, 0) is 33.7 Å². The minimum atomic E-state index is -1.27. The third-order valence-corrected chi connectivity index (χ3v) is 6.51. The number of anilines is 1. The van der Waals surface area contributed by atoms with Crippen LogP contribution in [0.15, 0.2) is 23.0 Å². The lowest BCUT2D eigenvalue weighted by Gasteiger charge is -2.18. The number of thiophene rings is 1. The van der Waals surface area contributed by atoms with Crippen LogP contribution in [0, 0.1) is 5.92 Å². The van der Waals surface area contributed by atoms with Crippen LogP contribution in [0.5, 0.6) is 5.75 Å². The summed E-state index contributed by atoms with van der Waals surface area (Å²) in [6.07, 6.45) is 0.947. The summed E-state index contributed by atoms with van der Waals surface area (Å²) in [6, 6.07) is 5.53. The average Bonchev–Trinajstić information content (AvgIpc) is 3.37. The molecule has 13 heteroatoms. The topological polar surface area (TPSA) is 174 Å². The van der Waals surface area contributed by atoms with Crippen molar-refractivity contribution in [2.45, 2.75) is 26.3 Å². The number of carbonyl (C=O) groups is 3. The average molecular weight is 523 g/mol. The number of aromatic carboxylic acids is 1. The first-order chi connectivity index (χ1) is 16.3. The van der Waals surface area contributed by atoms with E-state index in [-0.39, 0.29) is 42.6 Å². The Bertz CT molecular complexity index is 1350. The summed E-state index contributed by atoms with van der Waals surface area (Å²) >= 11 is 1.27. The number of hydrogen-bond donors (Lipinski definition) is 4. The van der Waals surface area contributed by atoms with Crippen molar-refractivity contribution in [2.24, 2.45) is 11.7 Å². The van der Waals surface area contributed by atoms with Crippen LogP contribution in [0.25, 0.3) is 10.2 Å². The summed E-state index contributed by atoms with van der Waals surface area (Å²) in [6.45, 7) is 2.63. The lowest BCUT2D eigenvalue weighted by molar-refractivity contribution is -0.147. The molecule has 0 spiro atoms. The number of ether oxygens (including phenoxy) is 2. The zero-order valence-electron chi connectivity index (χ0n) is 18.6. The van der Waals surface area contributed by atoms with Gasteiger partial charge in [-0.1, -0.05) is 6.07 Å². The Hall–Kier alpha value is -3.48. The Morgan fingerprint density at radius 3 is 2.77 bits per heavy atom. The predicted molar refractivity (Wildman–Crippen MR) is 130 cm³/mol. The molecule has 5 N–H and O–H groups in total. The first-order valence-electron chi connectivity index (χ1n) is 10.5. The molecule has 11 nitrogen and oxygen atoms in total.